The number of hydrogen-bond donors (Lipinski definition) is 2. The Hall–Kier alpha value is -0.950. The maximum atomic E-state index is 11.4. The van der Waals surface area contributed by atoms with Crippen LogP contribution in [0.3, 0.4) is 0 Å². The Morgan fingerprint density at radius 2 is 1.84 bits per heavy atom. The molecule has 0 radical (unpaired) electrons. The second-order valence-electron chi connectivity index (χ2n) is 4.94. The summed E-state index contributed by atoms with van der Waals surface area (Å²) in [4.78, 5) is 0.332. The third-order valence-corrected chi connectivity index (χ3v) is 4.71. The smallest absolute Gasteiger partial charge is 0.175 e. The molecule has 0 bridgehead atoms. The molecule has 1 saturated heterocycles. The molecule has 1 heterocycles. The number of benzene rings is 1. The third kappa shape index (κ3) is 3.54. The maximum Gasteiger partial charge on any atom is 0.175 e. The monoisotopic (exact) mass is 284 g/mol. The van der Waals surface area contributed by atoms with E-state index in [0.717, 1.165) is 31.6 Å². The van der Waals surface area contributed by atoms with Gasteiger partial charge in [0.25, 0.3) is 0 Å². The highest BCUT2D eigenvalue weighted by atomic mass is 32.2. The number of rotatable bonds is 4. The molecule has 1 atom stereocenters. The van der Waals surface area contributed by atoms with Crippen LogP contribution in [0.5, 0.6) is 0 Å². The molecular formula is C13H20N2O3S. The van der Waals surface area contributed by atoms with Gasteiger partial charge in [-0.25, -0.2) is 8.42 Å². The Labute approximate surface area is 114 Å². The topological polar surface area (TPSA) is 81.4 Å². The van der Waals surface area contributed by atoms with E-state index in [9.17, 15) is 8.42 Å². The van der Waals surface area contributed by atoms with Crippen LogP contribution in [0.25, 0.3) is 0 Å². The van der Waals surface area contributed by atoms with Crippen molar-refractivity contribution >= 4 is 9.84 Å². The molecule has 0 aliphatic carbocycles. The van der Waals surface area contributed by atoms with Gasteiger partial charge in [-0.1, -0.05) is 12.1 Å². The first-order chi connectivity index (χ1) is 9.02. The minimum absolute atomic E-state index is 0.0394. The van der Waals surface area contributed by atoms with Crippen molar-refractivity contribution in [3.63, 3.8) is 0 Å². The van der Waals surface area contributed by atoms with Crippen LogP contribution in [-0.2, 0) is 14.6 Å². The van der Waals surface area contributed by atoms with E-state index in [-0.39, 0.29) is 6.04 Å². The van der Waals surface area contributed by atoms with Crippen LogP contribution < -0.4 is 11.3 Å². The summed E-state index contributed by atoms with van der Waals surface area (Å²) in [6.07, 6.45) is 3.13. The predicted octanol–water partition coefficient (Wildman–Crippen LogP) is 1.02. The Morgan fingerprint density at radius 1 is 1.26 bits per heavy atom. The summed E-state index contributed by atoms with van der Waals surface area (Å²) in [6.45, 7) is 1.51. The van der Waals surface area contributed by atoms with Crippen molar-refractivity contribution in [1.29, 1.82) is 0 Å². The first kappa shape index (κ1) is 14.5. The molecule has 1 unspecified atom stereocenters. The SMILES string of the molecule is CS(=O)(=O)c1ccc(C(NN)C2CCOCC2)cc1. The van der Waals surface area contributed by atoms with Crippen molar-refractivity contribution in [2.45, 2.75) is 23.8 Å². The highest BCUT2D eigenvalue weighted by Gasteiger charge is 2.24. The van der Waals surface area contributed by atoms with Crippen molar-refractivity contribution in [3.8, 4) is 0 Å². The molecule has 0 spiro atoms. The van der Waals surface area contributed by atoms with Crippen LogP contribution in [-0.4, -0.2) is 27.9 Å². The second kappa shape index (κ2) is 6.00. The molecule has 0 aromatic heterocycles. The first-order valence-electron chi connectivity index (χ1n) is 6.36. The van der Waals surface area contributed by atoms with Crippen LogP contribution in [0.15, 0.2) is 29.2 Å². The maximum absolute atomic E-state index is 11.4. The lowest BCUT2D eigenvalue weighted by Crippen LogP contribution is -2.36. The fourth-order valence-electron chi connectivity index (χ4n) is 2.48. The number of sulfone groups is 1. The molecule has 0 amide bonds. The zero-order valence-electron chi connectivity index (χ0n) is 11.0. The average Bonchev–Trinajstić information content (AvgIpc) is 2.40. The molecule has 19 heavy (non-hydrogen) atoms. The number of hydrazine groups is 1. The zero-order chi connectivity index (χ0) is 13.9. The summed E-state index contributed by atoms with van der Waals surface area (Å²) >= 11 is 0. The lowest BCUT2D eigenvalue weighted by atomic mass is 9.87. The Morgan fingerprint density at radius 3 is 2.32 bits per heavy atom. The number of hydrogen-bond acceptors (Lipinski definition) is 5. The van der Waals surface area contributed by atoms with Gasteiger partial charge in [-0.15, -0.1) is 0 Å². The number of ether oxygens (including phenoxy) is 1. The average molecular weight is 284 g/mol. The van der Waals surface area contributed by atoms with Gasteiger partial charge in [0, 0.05) is 25.5 Å². The van der Waals surface area contributed by atoms with E-state index < -0.39 is 9.84 Å². The van der Waals surface area contributed by atoms with Crippen molar-refractivity contribution < 1.29 is 13.2 Å². The predicted molar refractivity (Wildman–Crippen MR) is 73.2 cm³/mol. The molecule has 3 N–H and O–H groups in total. The second-order valence-corrected chi connectivity index (χ2v) is 6.95. The molecule has 5 nitrogen and oxygen atoms in total. The van der Waals surface area contributed by atoms with Crippen molar-refractivity contribution in [2.75, 3.05) is 19.5 Å². The lowest BCUT2D eigenvalue weighted by molar-refractivity contribution is 0.0536. The van der Waals surface area contributed by atoms with E-state index >= 15 is 0 Å². The minimum Gasteiger partial charge on any atom is -0.381 e. The molecule has 106 valence electrons. The van der Waals surface area contributed by atoms with Crippen molar-refractivity contribution in [2.24, 2.45) is 11.8 Å². The Bertz CT molecular complexity index is 507. The van der Waals surface area contributed by atoms with Crippen LogP contribution in [0.2, 0.25) is 0 Å². The zero-order valence-corrected chi connectivity index (χ0v) is 11.8. The van der Waals surface area contributed by atoms with E-state index in [1.807, 2.05) is 12.1 Å². The fraction of sp³-hybridized carbons (Fsp3) is 0.538. The molecule has 6 heteroatoms. The molecule has 1 aliphatic heterocycles. The third-order valence-electron chi connectivity index (χ3n) is 3.58. The van der Waals surface area contributed by atoms with Crippen LogP contribution in [0, 0.1) is 5.92 Å². The van der Waals surface area contributed by atoms with E-state index in [1.165, 1.54) is 6.26 Å². The van der Waals surface area contributed by atoms with E-state index in [2.05, 4.69) is 5.43 Å². The van der Waals surface area contributed by atoms with Gasteiger partial charge >= 0.3 is 0 Å². The molecule has 2 rings (SSSR count). The fourth-order valence-corrected chi connectivity index (χ4v) is 3.11. The minimum atomic E-state index is -3.15. The molecular weight excluding hydrogens is 264 g/mol. The summed E-state index contributed by atoms with van der Waals surface area (Å²) in [6, 6.07) is 6.97. The van der Waals surface area contributed by atoms with Crippen LogP contribution in [0.4, 0.5) is 0 Å². The van der Waals surface area contributed by atoms with Crippen LogP contribution >= 0.6 is 0 Å². The summed E-state index contributed by atoms with van der Waals surface area (Å²) in [7, 11) is -3.15. The van der Waals surface area contributed by atoms with E-state index in [0.29, 0.717) is 10.8 Å². The van der Waals surface area contributed by atoms with Gasteiger partial charge < -0.3 is 4.74 Å². The molecule has 0 saturated carbocycles. The van der Waals surface area contributed by atoms with Gasteiger partial charge in [0.2, 0.25) is 0 Å². The Balaban J connectivity index is 2.19. The van der Waals surface area contributed by atoms with Gasteiger partial charge in [-0.3, -0.25) is 11.3 Å². The highest BCUT2D eigenvalue weighted by Crippen LogP contribution is 2.29. The molecule has 1 aromatic rings. The number of nitrogens with two attached hydrogens (primary N) is 1. The lowest BCUT2D eigenvalue weighted by Gasteiger charge is -2.30. The summed E-state index contributed by atoms with van der Waals surface area (Å²) in [5.74, 6) is 6.07. The molecule has 1 fully saturated rings. The largest absolute Gasteiger partial charge is 0.381 e. The van der Waals surface area contributed by atoms with Gasteiger partial charge in [0.1, 0.15) is 0 Å². The summed E-state index contributed by atoms with van der Waals surface area (Å²) in [5.41, 5.74) is 3.86. The van der Waals surface area contributed by atoms with Gasteiger partial charge in [-0.2, -0.15) is 0 Å². The van der Waals surface area contributed by atoms with Crippen molar-refractivity contribution in [3.05, 3.63) is 29.8 Å². The normalized spacial score (nSPS) is 19.3. The number of nitrogens with one attached hydrogen (secondary N) is 1. The van der Waals surface area contributed by atoms with Crippen LogP contribution in [0.1, 0.15) is 24.4 Å². The van der Waals surface area contributed by atoms with Crippen molar-refractivity contribution in [1.82, 2.24) is 5.43 Å². The molecule has 1 aliphatic rings. The van der Waals surface area contributed by atoms with E-state index in [1.54, 1.807) is 12.1 Å². The van der Waals surface area contributed by atoms with Gasteiger partial charge in [0.05, 0.1) is 4.90 Å². The first-order valence-corrected chi connectivity index (χ1v) is 8.25. The highest BCUT2D eigenvalue weighted by molar-refractivity contribution is 7.90. The quantitative estimate of drug-likeness (QED) is 0.637. The van der Waals surface area contributed by atoms with Gasteiger partial charge in [0.15, 0.2) is 9.84 Å². The molecule has 1 aromatic carbocycles. The standard InChI is InChI=1S/C13H20N2O3S/c1-19(16,17)12-4-2-10(3-5-12)13(15-14)11-6-8-18-9-7-11/h2-5,11,13,15H,6-9,14H2,1H3. The van der Waals surface area contributed by atoms with Gasteiger partial charge in [-0.05, 0) is 36.5 Å². The summed E-state index contributed by atoms with van der Waals surface area (Å²) < 4.78 is 28.2. The van der Waals surface area contributed by atoms with E-state index in [4.69, 9.17) is 10.6 Å². The summed E-state index contributed by atoms with van der Waals surface area (Å²) in [5, 5.41) is 0. The Kier molecular flexibility index (Phi) is 4.57.